The average Bonchev–Trinajstić information content (AvgIpc) is 2.03. The molecule has 0 amide bonds. The third-order valence-corrected chi connectivity index (χ3v) is 2.11. The van der Waals surface area contributed by atoms with Crippen LogP contribution in [0.25, 0.3) is 0 Å². The van der Waals surface area contributed by atoms with E-state index < -0.39 is 36.1 Å². The zero-order valence-electron chi connectivity index (χ0n) is 5.34. The number of hydrogen-bond acceptors (Lipinski definition) is 3. The van der Waals surface area contributed by atoms with Gasteiger partial charge in [-0.2, -0.15) is 0 Å². The molecule has 0 N–H and O–H groups in total. The van der Waals surface area contributed by atoms with Crippen LogP contribution < -0.4 is 0 Å². The first-order valence-corrected chi connectivity index (χ1v) is 3.16. The number of fused-ring (bicyclic) bond motifs is 1. The van der Waals surface area contributed by atoms with E-state index in [9.17, 15) is 18.4 Å². The number of carbonyl (C=O) groups is 2. The predicted octanol–water partition coefficient (Wildman–Crippen LogP) is 0.341. The molecule has 0 aromatic carbocycles. The molecule has 0 aromatic heterocycles. The summed E-state index contributed by atoms with van der Waals surface area (Å²) in [7, 11) is 0. The summed E-state index contributed by atoms with van der Waals surface area (Å²) in [4.78, 5) is 21.1. The van der Waals surface area contributed by atoms with Gasteiger partial charge in [0.15, 0.2) is 0 Å². The van der Waals surface area contributed by atoms with Gasteiger partial charge in [0.1, 0.15) is 5.92 Å². The molecular formula is C6H4F2O3. The smallest absolute Gasteiger partial charge is 0.323 e. The zero-order valence-corrected chi connectivity index (χ0v) is 5.34. The minimum Gasteiger partial charge on any atom is -0.393 e. The first-order chi connectivity index (χ1) is 5.02. The lowest BCUT2D eigenvalue weighted by Gasteiger charge is -2.34. The van der Waals surface area contributed by atoms with Crippen LogP contribution in [0.3, 0.4) is 0 Å². The normalized spacial score (nSPS) is 39.5. The fourth-order valence-corrected chi connectivity index (χ4v) is 1.47. The second kappa shape index (κ2) is 1.60. The number of halogens is 2. The van der Waals surface area contributed by atoms with Gasteiger partial charge in [-0.1, -0.05) is 0 Å². The molecule has 1 saturated heterocycles. The van der Waals surface area contributed by atoms with Gasteiger partial charge in [0, 0.05) is 6.42 Å². The van der Waals surface area contributed by atoms with Gasteiger partial charge in [-0.25, -0.2) is 8.78 Å². The highest BCUT2D eigenvalue weighted by atomic mass is 19.3. The fourth-order valence-electron chi connectivity index (χ4n) is 1.47. The van der Waals surface area contributed by atoms with E-state index in [1.165, 1.54) is 0 Å². The lowest BCUT2D eigenvalue weighted by Crippen LogP contribution is -2.49. The standard InChI is InChI=1S/C6H4F2O3/c7-6(8)1-2-3(6)5(10)11-4(2)9/h2-3H,1H2/t2-,3+/m1/s1. The fraction of sp³-hybridized carbons (Fsp3) is 0.667. The molecule has 1 aliphatic carbocycles. The van der Waals surface area contributed by atoms with E-state index in [1.807, 2.05) is 0 Å². The van der Waals surface area contributed by atoms with Crippen molar-refractivity contribution >= 4 is 11.9 Å². The predicted molar refractivity (Wildman–Crippen MR) is 27.6 cm³/mol. The second-order valence-electron chi connectivity index (χ2n) is 2.79. The van der Waals surface area contributed by atoms with E-state index in [4.69, 9.17) is 0 Å². The van der Waals surface area contributed by atoms with Crippen molar-refractivity contribution in [3.63, 3.8) is 0 Å². The van der Waals surface area contributed by atoms with Crippen LogP contribution in [0.2, 0.25) is 0 Å². The minimum absolute atomic E-state index is 0.539. The van der Waals surface area contributed by atoms with E-state index in [2.05, 4.69) is 4.74 Å². The van der Waals surface area contributed by atoms with Gasteiger partial charge in [-0.05, 0) is 0 Å². The van der Waals surface area contributed by atoms with Gasteiger partial charge >= 0.3 is 11.9 Å². The topological polar surface area (TPSA) is 43.4 Å². The summed E-state index contributed by atoms with van der Waals surface area (Å²) in [6, 6.07) is 0. The third kappa shape index (κ3) is 0.652. The monoisotopic (exact) mass is 162 g/mol. The highest BCUT2D eigenvalue weighted by Crippen LogP contribution is 2.52. The van der Waals surface area contributed by atoms with Crippen molar-refractivity contribution in [3.05, 3.63) is 0 Å². The van der Waals surface area contributed by atoms with E-state index in [0.29, 0.717) is 0 Å². The molecule has 2 atom stereocenters. The molecule has 2 aliphatic rings. The van der Waals surface area contributed by atoms with Crippen LogP contribution >= 0.6 is 0 Å². The van der Waals surface area contributed by atoms with Gasteiger partial charge in [0.05, 0.1) is 5.92 Å². The Bertz CT molecular complexity index is 248. The summed E-state index contributed by atoms with van der Waals surface area (Å²) >= 11 is 0. The van der Waals surface area contributed by atoms with E-state index in [1.54, 1.807) is 0 Å². The zero-order chi connectivity index (χ0) is 8.22. The molecule has 11 heavy (non-hydrogen) atoms. The summed E-state index contributed by atoms with van der Waals surface area (Å²) in [6.45, 7) is 0. The summed E-state index contributed by atoms with van der Waals surface area (Å²) in [5, 5.41) is 0. The molecular weight excluding hydrogens is 158 g/mol. The first kappa shape index (κ1) is 6.69. The van der Waals surface area contributed by atoms with Crippen molar-refractivity contribution in [2.75, 3.05) is 0 Å². The number of rotatable bonds is 0. The van der Waals surface area contributed by atoms with Crippen LogP contribution in [-0.4, -0.2) is 17.9 Å². The molecule has 1 heterocycles. The number of ether oxygens (including phenoxy) is 1. The maximum Gasteiger partial charge on any atom is 0.323 e. The molecule has 3 nitrogen and oxygen atoms in total. The van der Waals surface area contributed by atoms with E-state index in [-0.39, 0.29) is 0 Å². The van der Waals surface area contributed by atoms with Gasteiger partial charge < -0.3 is 4.74 Å². The summed E-state index contributed by atoms with van der Waals surface area (Å²) < 4.78 is 29.0. The summed E-state index contributed by atoms with van der Waals surface area (Å²) in [6.07, 6.45) is -0.539. The lowest BCUT2D eigenvalue weighted by molar-refractivity contribution is -0.175. The van der Waals surface area contributed by atoms with Crippen molar-refractivity contribution < 1.29 is 23.1 Å². The molecule has 0 bridgehead atoms. The van der Waals surface area contributed by atoms with E-state index >= 15 is 0 Å². The Kier molecular flexibility index (Phi) is 0.971. The van der Waals surface area contributed by atoms with Crippen molar-refractivity contribution in [1.82, 2.24) is 0 Å². The van der Waals surface area contributed by atoms with Gasteiger partial charge in [-0.15, -0.1) is 0 Å². The number of hydrogen-bond donors (Lipinski definition) is 0. The van der Waals surface area contributed by atoms with Gasteiger partial charge in [0.2, 0.25) is 0 Å². The number of alkyl halides is 2. The van der Waals surface area contributed by atoms with Crippen LogP contribution in [0.1, 0.15) is 6.42 Å². The van der Waals surface area contributed by atoms with Crippen molar-refractivity contribution in [2.24, 2.45) is 11.8 Å². The van der Waals surface area contributed by atoms with E-state index in [0.717, 1.165) is 0 Å². The van der Waals surface area contributed by atoms with Crippen molar-refractivity contribution in [2.45, 2.75) is 12.3 Å². The van der Waals surface area contributed by atoms with Crippen LogP contribution in [0.4, 0.5) is 8.78 Å². The number of esters is 2. The number of cyclic esters (lactones) is 2. The molecule has 5 heteroatoms. The molecule has 0 aromatic rings. The summed E-state index contributed by atoms with van der Waals surface area (Å²) in [5.74, 6) is -7.26. The Balaban J connectivity index is 2.28. The Labute approximate surface area is 60.3 Å². The molecule has 2 rings (SSSR count). The quantitative estimate of drug-likeness (QED) is 0.381. The molecule has 0 spiro atoms. The number of carbonyl (C=O) groups excluding carboxylic acids is 2. The molecule has 60 valence electrons. The summed E-state index contributed by atoms with van der Waals surface area (Å²) in [5.41, 5.74) is 0. The molecule has 2 fully saturated rings. The maximum atomic E-state index is 12.5. The minimum atomic E-state index is -3.02. The molecule has 1 aliphatic heterocycles. The Morgan fingerprint density at radius 2 is 2.00 bits per heavy atom. The Morgan fingerprint density at radius 1 is 1.36 bits per heavy atom. The van der Waals surface area contributed by atoms with Crippen LogP contribution in [0.15, 0.2) is 0 Å². The largest absolute Gasteiger partial charge is 0.393 e. The van der Waals surface area contributed by atoms with Crippen LogP contribution in [0.5, 0.6) is 0 Å². The van der Waals surface area contributed by atoms with Crippen molar-refractivity contribution in [3.8, 4) is 0 Å². The lowest BCUT2D eigenvalue weighted by atomic mass is 9.72. The Morgan fingerprint density at radius 3 is 2.36 bits per heavy atom. The van der Waals surface area contributed by atoms with Crippen LogP contribution in [-0.2, 0) is 14.3 Å². The van der Waals surface area contributed by atoms with Gasteiger partial charge in [0.25, 0.3) is 5.92 Å². The maximum absolute atomic E-state index is 12.5. The average molecular weight is 162 g/mol. The highest BCUT2D eigenvalue weighted by molar-refractivity contribution is 5.98. The Hall–Kier alpha value is -1.00. The molecule has 0 radical (unpaired) electrons. The molecule has 0 unspecified atom stereocenters. The van der Waals surface area contributed by atoms with Crippen LogP contribution in [0, 0.1) is 11.8 Å². The highest BCUT2D eigenvalue weighted by Gasteiger charge is 2.68. The second-order valence-corrected chi connectivity index (χ2v) is 2.79. The van der Waals surface area contributed by atoms with Crippen molar-refractivity contribution in [1.29, 1.82) is 0 Å². The molecule has 1 saturated carbocycles. The SMILES string of the molecule is O=C1OC(=O)[C@@H]2CC(F)(F)[C@H]12. The first-order valence-electron chi connectivity index (χ1n) is 3.16. The third-order valence-electron chi connectivity index (χ3n) is 2.11. The van der Waals surface area contributed by atoms with Gasteiger partial charge in [-0.3, -0.25) is 9.59 Å².